The van der Waals surface area contributed by atoms with Crippen LogP contribution in [0.25, 0.3) is 0 Å². The molecule has 2 aliphatic heterocycles. The van der Waals surface area contributed by atoms with Crippen molar-refractivity contribution in [3.05, 3.63) is 96.3 Å². The predicted octanol–water partition coefficient (Wildman–Crippen LogP) is 5.75. The van der Waals surface area contributed by atoms with Crippen molar-refractivity contribution in [2.45, 2.75) is 142 Å². The lowest BCUT2D eigenvalue weighted by atomic mass is 9.94. The van der Waals surface area contributed by atoms with E-state index in [0.717, 1.165) is 10.4 Å². The van der Waals surface area contributed by atoms with Crippen LogP contribution in [-0.4, -0.2) is 78.9 Å². The van der Waals surface area contributed by atoms with Crippen molar-refractivity contribution >= 4 is 48.1 Å². The van der Waals surface area contributed by atoms with E-state index in [2.05, 4.69) is 61.0 Å². The summed E-state index contributed by atoms with van der Waals surface area (Å²) in [6, 6.07) is 23.4. The SMILES string of the molecule is C.CC[C@]1(C)NC(=O)[C@H](CCCCCC(=O)[C@@H](C)O[Si](c2ccccc2)(c2ccccc2)C(C)(C)C)NC(=O)[C@H]2CCCN2C(=O)[C@H](Cc2ccc(F)cc2)NC1=O. The van der Waals surface area contributed by atoms with Crippen molar-refractivity contribution in [1.82, 2.24) is 20.9 Å². The van der Waals surface area contributed by atoms with Crippen molar-refractivity contribution in [3.63, 3.8) is 0 Å². The summed E-state index contributed by atoms with van der Waals surface area (Å²) in [5.74, 6) is -2.24. The molecule has 0 radical (unpaired) electrons. The molecule has 2 saturated heterocycles. The smallest absolute Gasteiger partial charge is 0.262 e. The van der Waals surface area contributed by atoms with Crippen molar-refractivity contribution in [3.8, 4) is 0 Å². The Morgan fingerprint density at radius 3 is 2.05 bits per heavy atom. The van der Waals surface area contributed by atoms with Crippen LogP contribution in [0.15, 0.2) is 84.9 Å². The van der Waals surface area contributed by atoms with Gasteiger partial charge in [0.15, 0.2) is 5.78 Å². The Morgan fingerprint density at radius 1 is 0.879 bits per heavy atom. The lowest BCUT2D eigenvalue weighted by Gasteiger charge is -2.44. The number of ketones is 1. The van der Waals surface area contributed by atoms with Gasteiger partial charge in [0.25, 0.3) is 8.32 Å². The zero-order chi connectivity index (χ0) is 41.4. The van der Waals surface area contributed by atoms with E-state index in [-0.39, 0.29) is 37.5 Å². The largest absolute Gasteiger partial charge is 0.398 e. The molecule has 12 heteroatoms. The number of nitrogens with one attached hydrogen (secondary N) is 3. The van der Waals surface area contributed by atoms with Crippen LogP contribution in [0, 0.1) is 5.82 Å². The highest BCUT2D eigenvalue weighted by Crippen LogP contribution is 2.37. The Hall–Kier alpha value is -4.68. The zero-order valence-corrected chi connectivity index (χ0v) is 35.2. The number of carbonyl (C=O) groups is 5. The average molecular weight is 815 g/mol. The fraction of sp³-hybridized carbons (Fsp3) is 0.500. The van der Waals surface area contributed by atoms with Crippen LogP contribution in [0.2, 0.25) is 5.04 Å². The molecule has 0 unspecified atom stereocenters. The molecule has 3 N–H and O–H groups in total. The molecule has 10 nitrogen and oxygen atoms in total. The van der Waals surface area contributed by atoms with Crippen LogP contribution in [-0.2, 0) is 34.8 Å². The van der Waals surface area contributed by atoms with E-state index in [1.807, 2.05) is 43.3 Å². The van der Waals surface area contributed by atoms with E-state index in [0.29, 0.717) is 50.6 Å². The number of unbranched alkanes of at least 4 members (excludes halogenated alkanes) is 2. The first-order chi connectivity index (χ1) is 27.1. The van der Waals surface area contributed by atoms with Gasteiger partial charge in [-0.25, -0.2) is 4.39 Å². The minimum absolute atomic E-state index is 0. The minimum Gasteiger partial charge on any atom is -0.398 e. The second kappa shape index (κ2) is 19.8. The summed E-state index contributed by atoms with van der Waals surface area (Å²) in [5, 5.41) is 10.6. The molecular weight excluding hydrogens is 752 g/mol. The molecule has 2 fully saturated rings. The second-order valence-electron chi connectivity index (χ2n) is 16.8. The predicted molar refractivity (Wildman–Crippen MR) is 229 cm³/mol. The van der Waals surface area contributed by atoms with Crippen LogP contribution in [0.3, 0.4) is 0 Å². The van der Waals surface area contributed by atoms with E-state index < -0.39 is 67.5 Å². The molecule has 0 aromatic heterocycles. The number of hydrogen-bond acceptors (Lipinski definition) is 6. The molecule has 3 aromatic rings. The van der Waals surface area contributed by atoms with Gasteiger partial charge in [-0.15, -0.1) is 0 Å². The summed E-state index contributed by atoms with van der Waals surface area (Å²) in [7, 11) is -2.92. The quantitative estimate of drug-likeness (QED) is 0.140. The maximum atomic E-state index is 14.0. The fourth-order valence-electron chi connectivity index (χ4n) is 8.13. The summed E-state index contributed by atoms with van der Waals surface area (Å²) in [6.45, 7) is 12.1. The van der Waals surface area contributed by atoms with Crippen molar-refractivity contribution in [2.24, 2.45) is 0 Å². The molecule has 58 heavy (non-hydrogen) atoms. The van der Waals surface area contributed by atoms with E-state index in [4.69, 9.17) is 4.43 Å². The van der Waals surface area contributed by atoms with Gasteiger partial charge in [0.2, 0.25) is 23.6 Å². The van der Waals surface area contributed by atoms with Crippen molar-refractivity contribution in [2.75, 3.05) is 6.54 Å². The first-order valence-electron chi connectivity index (χ1n) is 20.4. The molecule has 0 aliphatic carbocycles. The number of benzene rings is 3. The summed E-state index contributed by atoms with van der Waals surface area (Å²) < 4.78 is 20.7. The summed E-state index contributed by atoms with van der Waals surface area (Å²) >= 11 is 0. The average Bonchev–Trinajstić information content (AvgIpc) is 3.69. The van der Waals surface area contributed by atoms with Crippen LogP contribution >= 0.6 is 0 Å². The Kier molecular flexibility index (Phi) is 15.7. The molecule has 0 saturated carbocycles. The first kappa shape index (κ1) is 46.0. The lowest BCUT2D eigenvalue weighted by Crippen LogP contribution is -2.68. The topological polar surface area (TPSA) is 134 Å². The van der Waals surface area contributed by atoms with Gasteiger partial charge in [0.05, 0.1) is 0 Å². The molecule has 3 aromatic carbocycles. The Bertz CT molecular complexity index is 1830. The van der Waals surface area contributed by atoms with E-state index in [1.54, 1.807) is 26.0 Å². The van der Waals surface area contributed by atoms with Gasteiger partial charge in [-0.05, 0) is 79.1 Å². The zero-order valence-electron chi connectivity index (χ0n) is 34.2. The maximum Gasteiger partial charge on any atom is 0.262 e. The Labute approximate surface area is 345 Å². The van der Waals surface area contributed by atoms with Gasteiger partial charge >= 0.3 is 0 Å². The van der Waals surface area contributed by atoms with Crippen molar-refractivity contribution < 1.29 is 32.8 Å². The molecule has 5 atom stereocenters. The maximum absolute atomic E-state index is 14.0. The standard InChI is InChI=1S/C45H59FN4O6Si.CH4/c1-7-45(6)43(55)48-37(30-32-25-27-33(46)28-26-32)42(54)50-29-17-23-38(50)41(53)47-36(40(52)49-45)22-15-10-16-24-39(51)31(2)56-57(44(3,4)5,34-18-11-8-12-19-34)35-20-13-9-14-21-35;/h8-9,11-14,18-21,25-28,31,36-38H,7,10,15-17,22-24,29-30H2,1-6H3,(H,47,53)(H,48,55)(H,49,52);1H4/t31-,36+,37+,38-,45+;/m1./s1. The minimum atomic E-state index is -2.92. The van der Waals surface area contributed by atoms with Crippen molar-refractivity contribution in [1.29, 1.82) is 0 Å². The third-order valence-corrected chi connectivity index (χ3v) is 16.8. The molecular formula is C46H63FN4O6Si. The number of hydrogen-bond donors (Lipinski definition) is 3. The third-order valence-electron chi connectivity index (χ3n) is 11.7. The number of rotatable bonds is 14. The molecule has 314 valence electrons. The van der Waals surface area contributed by atoms with Gasteiger partial charge in [0.1, 0.15) is 35.6 Å². The lowest BCUT2D eigenvalue weighted by molar-refractivity contribution is -0.144. The van der Waals surface area contributed by atoms with E-state index in [1.165, 1.54) is 17.0 Å². The number of fused-ring (bicyclic) bond motifs is 1. The Balaban J connectivity index is 0.00000744. The summed E-state index contributed by atoms with van der Waals surface area (Å²) in [4.78, 5) is 70.7. The fourth-order valence-corrected chi connectivity index (χ4v) is 12.8. The van der Waals surface area contributed by atoms with Crippen LogP contribution < -0.4 is 26.3 Å². The van der Waals surface area contributed by atoms with Gasteiger partial charge in [0, 0.05) is 19.4 Å². The number of nitrogens with zero attached hydrogens (tertiary/aromatic N) is 1. The van der Waals surface area contributed by atoms with Gasteiger partial charge in [-0.3, -0.25) is 24.0 Å². The first-order valence-corrected chi connectivity index (χ1v) is 22.3. The van der Waals surface area contributed by atoms with E-state index >= 15 is 0 Å². The van der Waals surface area contributed by atoms with Gasteiger partial charge in [-0.2, -0.15) is 0 Å². The molecule has 2 aliphatic rings. The third kappa shape index (κ3) is 10.5. The second-order valence-corrected chi connectivity index (χ2v) is 21.0. The molecule has 2 heterocycles. The summed E-state index contributed by atoms with van der Waals surface area (Å²) in [6.07, 6.45) is 3.03. The van der Waals surface area contributed by atoms with Crippen LogP contribution in [0.1, 0.15) is 106 Å². The van der Waals surface area contributed by atoms with Crippen LogP contribution in [0.5, 0.6) is 0 Å². The normalized spacial score (nSPS) is 22.3. The highest BCUT2D eigenvalue weighted by molar-refractivity contribution is 6.99. The monoisotopic (exact) mass is 814 g/mol. The Morgan fingerprint density at radius 2 is 1.48 bits per heavy atom. The summed E-state index contributed by atoms with van der Waals surface area (Å²) in [5.41, 5.74) is -0.730. The van der Waals surface area contributed by atoms with Gasteiger partial charge in [-0.1, -0.05) is 121 Å². The molecule has 0 spiro atoms. The highest BCUT2D eigenvalue weighted by atomic mass is 28.4. The molecule has 4 amide bonds. The molecule has 0 bridgehead atoms. The number of halogens is 1. The highest BCUT2D eigenvalue weighted by Gasteiger charge is 2.51. The van der Waals surface area contributed by atoms with Crippen LogP contribution in [0.4, 0.5) is 4.39 Å². The number of carbonyl (C=O) groups excluding carboxylic acids is 5. The van der Waals surface area contributed by atoms with E-state index in [9.17, 15) is 28.4 Å². The molecule has 5 rings (SSSR count). The number of Topliss-reactive ketones (excluding diaryl/α,β-unsaturated/α-hetero) is 1. The van der Waals surface area contributed by atoms with Gasteiger partial charge < -0.3 is 25.3 Å². The number of amides is 4.